The normalized spacial score (nSPS) is 20.3. The van der Waals surface area contributed by atoms with Crippen molar-refractivity contribution >= 4 is 29.3 Å². The number of amides is 3. The van der Waals surface area contributed by atoms with Gasteiger partial charge in [-0.3, -0.25) is 9.59 Å². The molecule has 2 atom stereocenters. The third-order valence-corrected chi connectivity index (χ3v) is 6.20. The first-order valence-corrected chi connectivity index (χ1v) is 11.2. The molecule has 0 unspecified atom stereocenters. The number of rotatable bonds is 4. The van der Waals surface area contributed by atoms with E-state index >= 15 is 0 Å². The summed E-state index contributed by atoms with van der Waals surface area (Å²) in [5, 5.41) is 2.85. The fourth-order valence-electron chi connectivity index (χ4n) is 4.47. The average molecular weight is 436 g/mol. The van der Waals surface area contributed by atoms with E-state index in [-0.39, 0.29) is 31.1 Å². The van der Waals surface area contributed by atoms with Crippen LogP contribution >= 0.6 is 0 Å². The Morgan fingerprint density at radius 1 is 1.03 bits per heavy atom. The van der Waals surface area contributed by atoms with Gasteiger partial charge in [-0.15, -0.1) is 0 Å². The van der Waals surface area contributed by atoms with Crippen molar-refractivity contribution in [3.63, 3.8) is 0 Å². The maximum Gasteiger partial charge on any atom is 0.321 e. The summed E-state index contributed by atoms with van der Waals surface area (Å²) in [4.78, 5) is 41.5. The summed E-state index contributed by atoms with van der Waals surface area (Å²) < 4.78 is 5.42. The number of anilines is 2. The fourth-order valence-corrected chi connectivity index (χ4v) is 4.47. The lowest BCUT2D eigenvalue weighted by molar-refractivity contribution is -0.153. The molecule has 0 aromatic heterocycles. The lowest BCUT2D eigenvalue weighted by atomic mass is 9.96. The van der Waals surface area contributed by atoms with E-state index in [2.05, 4.69) is 5.32 Å². The summed E-state index contributed by atoms with van der Waals surface area (Å²) in [5.41, 5.74) is 2.75. The van der Waals surface area contributed by atoms with E-state index in [1.165, 1.54) is 0 Å². The number of benzene rings is 2. The standard InChI is InChI=1S/C25H29N3O4/c1-18-13-14-19-8-5-6-12-22(19)28(18)23(29)17-32-24(30)20-9-7-15-27(16-20)25(31)26-21-10-3-2-4-11-21/h2-6,8,10-12,18,20H,7,9,13-17H2,1H3,(H,26,31)/t18-,20-/m0/s1. The molecule has 1 fully saturated rings. The van der Waals surface area contributed by atoms with Crippen LogP contribution in [0.25, 0.3) is 0 Å². The first-order valence-electron chi connectivity index (χ1n) is 11.2. The summed E-state index contributed by atoms with van der Waals surface area (Å²) in [7, 11) is 0. The molecule has 2 aromatic carbocycles. The van der Waals surface area contributed by atoms with E-state index in [4.69, 9.17) is 4.74 Å². The topological polar surface area (TPSA) is 79.0 Å². The van der Waals surface area contributed by atoms with Gasteiger partial charge in [0.1, 0.15) is 0 Å². The molecule has 3 amide bonds. The Morgan fingerprint density at radius 3 is 2.59 bits per heavy atom. The average Bonchev–Trinajstić information content (AvgIpc) is 2.83. The van der Waals surface area contributed by atoms with E-state index in [1.54, 1.807) is 9.80 Å². The van der Waals surface area contributed by atoms with Crippen LogP contribution in [0.5, 0.6) is 0 Å². The highest BCUT2D eigenvalue weighted by molar-refractivity contribution is 5.97. The van der Waals surface area contributed by atoms with Gasteiger partial charge in [0, 0.05) is 30.5 Å². The van der Waals surface area contributed by atoms with Crippen LogP contribution in [0, 0.1) is 5.92 Å². The van der Waals surface area contributed by atoms with E-state index in [0.717, 1.165) is 24.1 Å². The monoisotopic (exact) mass is 435 g/mol. The number of aryl methyl sites for hydroxylation is 1. The number of hydrogen-bond acceptors (Lipinski definition) is 4. The van der Waals surface area contributed by atoms with Gasteiger partial charge < -0.3 is 19.9 Å². The summed E-state index contributed by atoms with van der Waals surface area (Å²) in [6, 6.07) is 16.9. The number of nitrogens with zero attached hydrogens (tertiary/aromatic N) is 2. The molecule has 2 aromatic rings. The molecule has 7 nitrogen and oxygen atoms in total. The van der Waals surface area contributed by atoms with Crippen molar-refractivity contribution < 1.29 is 19.1 Å². The number of esters is 1. The van der Waals surface area contributed by atoms with Crippen LogP contribution < -0.4 is 10.2 Å². The molecule has 32 heavy (non-hydrogen) atoms. The van der Waals surface area contributed by atoms with Crippen molar-refractivity contribution in [2.45, 2.75) is 38.6 Å². The second-order valence-corrected chi connectivity index (χ2v) is 8.47. The van der Waals surface area contributed by atoms with E-state index in [1.807, 2.05) is 61.5 Å². The molecular weight excluding hydrogens is 406 g/mol. The van der Waals surface area contributed by atoms with Gasteiger partial charge in [0.25, 0.3) is 5.91 Å². The Morgan fingerprint density at radius 2 is 1.78 bits per heavy atom. The van der Waals surface area contributed by atoms with Crippen molar-refractivity contribution in [2.24, 2.45) is 5.92 Å². The molecular formula is C25H29N3O4. The number of carbonyl (C=O) groups is 3. The molecule has 168 valence electrons. The first kappa shape index (κ1) is 21.9. The van der Waals surface area contributed by atoms with E-state index < -0.39 is 11.9 Å². The lowest BCUT2D eigenvalue weighted by Crippen LogP contribution is -2.46. The van der Waals surface area contributed by atoms with Crippen LogP contribution in [-0.4, -0.2) is 48.5 Å². The van der Waals surface area contributed by atoms with Gasteiger partial charge >= 0.3 is 12.0 Å². The summed E-state index contributed by atoms with van der Waals surface area (Å²) in [6.07, 6.45) is 3.17. The Balaban J connectivity index is 1.32. The number of hydrogen-bond donors (Lipinski definition) is 1. The van der Waals surface area contributed by atoms with Crippen molar-refractivity contribution in [3.05, 3.63) is 60.2 Å². The van der Waals surface area contributed by atoms with Crippen molar-refractivity contribution in [2.75, 3.05) is 29.9 Å². The van der Waals surface area contributed by atoms with Crippen molar-refractivity contribution in [3.8, 4) is 0 Å². The highest BCUT2D eigenvalue weighted by Crippen LogP contribution is 2.30. The first-order chi connectivity index (χ1) is 15.5. The Kier molecular flexibility index (Phi) is 6.73. The number of piperidine rings is 1. The van der Waals surface area contributed by atoms with Gasteiger partial charge in [0.05, 0.1) is 5.92 Å². The lowest BCUT2D eigenvalue weighted by Gasteiger charge is -2.35. The van der Waals surface area contributed by atoms with Gasteiger partial charge in [0.15, 0.2) is 6.61 Å². The minimum Gasteiger partial charge on any atom is -0.455 e. The Hall–Kier alpha value is -3.35. The summed E-state index contributed by atoms with van der Waals surface area (Å²) in [6.45, 7) is 2.60. The maximum atomic E-state index is 12.9. The van der Waals surface area contributed by atoms with Crippen LogP contribution in [-0.2, 0) is 20.7 Å². The predicted molar refractivity (Wildman–Crippen MR) is 122 cm³/mol. The number of fused-ring (bicyclic) bond motifs is 1. The molecule has 0 aliphatic carbocycles. The Bertz CT molecular complexity index is 978. The number of para-hydroxylation sites is 2. The predicted octanol–water partition coefficient (Wildman–Crippen LogP) is 3.84. The minimum absolute atomic E-state index is 0.0583. The zero-order valence-corrected chi connectivity index (χ0v) is 18.3. The highest BCUT2D eigenvalue weighted by atomic mass is 16.5. The van der Waals surface area contributed by atoms with Crippen molar-refractivity contribution in [1.82, 2.24) is 4.90 Å². The molecule has 0 radical (unpaired) electrons. The number of carbonyl (C=O) groups excluding carboxylic acids is 3. The summed E-state index contributed by atoms with van der Waals surface area (Å²) >= 11 is 0. The SMILES string of the molecule is C[C@H]1CCc2ccccc2N1C(=O)COC(=O)[C@H]1CCCN(C(=O)Nc2ccccc2)C1. The highest BCUT2D eigenvalue weighted by Gasteiger charge is 2.32. The molecule has 2 heterocycles. The molecule has 2 aliphatic heterocycles. The maximum absolute atomic E-state index is 12.9. The molecule has 2 aliphatic rings. The summed E-state index contributed by atoms with van der Waals surface area (Å²) in [5.74, 6) is -1.06. The van der Waals surface area contributed by atoms with Crippen LogP contribution in [0.4, 0.5) is 16.2 Å². The van der Waals surface area contributed by atoms with E-state index in [0.29, 0.717) is 25.1 Å². The van der Waals surface area contributed by atoms with Crippen LogP contribution in [0.3, 0.4) is 0 Å². The van der Waals surface area contributed by atoms with Gasteiger partial charge in [-0.25, -0.2) is 4.79 Å². The third-order valence-electron chi connectivity index (χ3n) is 6.20. The van der Waals surface area contributed by atoms with Crippen LogP contribution in [0.15, 0.2) is 54.6 Å². The van der Waals surface area contributed by atoms with Crippen molar-refractivity contribution in [1.29, 1.82) is 0 Å². The molecule has 1 N–H and O–H groups in total. The zero-order valence-electron chi connectivity index (χ0n) is 18.3. The third kappa shape index (κ3) is 4.93. The quantitative estimate of drug-likeness (QED) is 0.740. The van der Waals surface area contributed by atoms with Gasteiger partial charge in [-0.2, -0.15) is 0 Å². The molecule has 4 rings (SSSR count). The van der Waals surface area contributed by atoms with Gasteiger partial charge in [0.2, 0.25) is 0 Å². The molecule has 7 heteroatoms. The second kappa shape index (κ2) is 9.85. The number of likely N-dealkylation sites (tertiary alicyclic amines) is 1. The number of ether oxygens (including phenoxy) is 1. The number of nitrogens with one attached hydrogen (secondary N) is 1. The fraction of sp³-hybridized carbons (Fsp3) is 0.400. The molecule has 1 saturated heterocycles. The second-order valence-electron chi connectivity index (χ2n) is 8.47. The van der Waals surface area contributed by atoms with Gasteiger partial charge in [-0.05, 0) is 56.4 Å². The molecule has 0 bridgehead atoms. The number of urea groups is 1. The van der Waals surface area contributed by atoms with Gasteiger partial charge in [-0.1, -0.05) is 36.4 Å². The van der Waals surface area contributed by atoms with E-state index in [9.17, 15) is 14.4 Å². The smallest absolute Gasteiger partial charge is 0.321 e. The van der Waals surface area contributed by atoms with Crippen LogP contribution in [0.2, 0.25) is 0 Å². The molecule has 0 spiro atoms. The van der Waals surface area contributed by atoms with Crippen LogP contribution in [0.1, 0.15) is 31.7 Å². The largest absolute Gasteiger partial charge is 0.455 e. The zero-order chi connectivity index (χ0) is 22.5. The Labute approximate surface area is 188 Å². The molecule has 0 saturated carbocycles. The minimum atomic E-state index is -0.427.